The maximum absolute atomic E-state index is 13.6. The molecule has 0 saturated heterocycles. The summed E-state index contributed by atoms with van der Waals surface area (Å²) in [6, 6.07) is 26.9. The van der Waals surface area contributed by atoms with E-state index in [1.54, 1.807) is 66.9 Å². The van der Waals surface area contributed by atoms with Crippen LogP contribution in [0.4, 0.5) is 11.5 Å². The molecule has 4 N–H and O–H groups in total. The summed E-state index contributed by atoms with van der Waals surface area (Å²) in [6.45, 7) is 1.93. The molecule has 0 radical (unpaired) electrons. The van der Waals surface area contributed by atoms with Crippen molar-refractivity contribution in [3.63, 3.8) is 0 Å². The molecule has 0 aliphatic carbocycles. The van der Waals surface area contributed by atoms with Gasteiger partial charge in [0.05, 0.1) is 10.3 Å². The summed E-state index contributed by atoms with van der Waals surface area (Å²) in [5, 5.41) is 9.49. The number of benzene rings is 3. The van der Waals surface area contributed by atoms with Crippen molar-refractivity contribution in [1.29, 1.82) is 0 Å². The van der Waals surface area contributed by atoms with E-state index in [2.05, 4.69) is 25.9 Å². The van der Waals surface area contributed by atoms with Gasteiger partial charge >= 0.3 is 0 Å². The van der Waals surface area contributed by atoms with Crippen LogP contribution in [0.25, 0.3) is 17.0 Å². The van der Waals surface area contributed by atoms with Crippen LogP contribution in [0.5, 0.6) is 0 Å². The molecule has 43 heavy (non-hydrogen) atoms. The zero-order chi connectivity index (χ0) is 30.2. The molecule has 3 amide bonds. The van der Waals surface area contributed by atoms with E-state index < -0.39 is 17.1 Å². The zero-order valence-electron chi connectivity index (χ0n) is 23.1. The first-order valence-corrected chi connectivity index (χ1v) is 14.8. The predicted molar refractivity (Wildman–Crippen MR) is 173 cm³/mol. The van der Waals surface area contributed by atoms with Crippen LogP contribution in [0.2, 0.25) is 5.02 Å². The van der Waals surface area contributed by atoms with Crippen molar-refractivity contribution >= 4 is 69.6 Å². The zero-order valence-corrected chi connectivity index (χ0v) is 24.7. The van der Waals surface area contributed by atoms with E-state index in [9.17, 15) is 14.4 Å². The average Bonchev–Trinajstić information content (AvgIpc) is 3.43. The Balaban J connectivity index is 1.34. The second-order valence-corrected chi connectivity index (χ2v) is 11.2. The Kier molecular flexibility index (Phi) is 9.56. The van der Waals surface area contributed by atoms with E-state index in [1.165, 1.54) is 18.0 Å². The average molecular weight is 610 g/mol. The van der Waals surface area contributed by atoms with Crippen LogP contribution >= 0.6 is 23.4 Å². The topological polar surface area (TPSA) is 116 Å². The first-order valence-electron chi connectivity index (χ1n) is 13.5. The first-order chi connectivity index (χ1) is 20.9. The lowest BCUT2D eigenvalue weighted by molar-refractivity contribution is -0.116. The van der Waals surface area contributed by atoms with Crippen molar-refractivity contribution in [3.8, 4) is 0 Å². The van der Waals surface area contributed by atoms with Gasteiger partial charge in [-0.2, -0.15) is 0 Å². The molecule has 0 bridgehead atoms. The highest BCUT2D eigenvalue weighted by Gasteiger charge is 2.20. The van der Waals surface area contributed by atoms with Crippen molar-refractivity contribution in [1.82, 2.24) is 15.3 Å². The fourth-order valence-electron chi connectivity index (χ4n) is 4.30. The molecular weight excluding hydrogens is 582 g/mol. The van der Waals surface area contributed by atoms with Gasteiger partial charge in [-0.1, -0.05) is 61.0 Å². The number of nitrogens with zero attached hydrogens (tertiary/aromatic N) is 1. The van der Waals surface area contributed by atoms with E-state index >= 15 is 0 Å². The molecule has 1 atom stereocenters. The summed E-state index contributed by atoms with van der Waals surface area (Å²) in [4.78, 5) is 47.6. The Morgan fingerprint density at radius 1 is 0.953 bits per heavy atom. The quantitative estimate of drug-likeness (QED) is 0.0992. The number of aromatic amines is 1. The number of H-pyrrole nitrogens is 1. The number of fused-ring (bicyclic) bond motifs is 1. The highest BCUT2D eigenvalue weighted by molar-refractivity contribution is 8.00. The maximum Gasteiger partial charge on any atom is 0.272 e. The number of hydrogen-bond acceptors (Lipinski definition) is 5. The normalized spacial score (nSPS) is 12.0. The van der Waals surface area contributed by atoms with Crippen LogP contribution in [0.3, 0.4) is 0 Å². The molecule has 0 spiro atoms. The lowest BCUT2D eigenvalue weighted by Gasteiger charge is -2.15. The Bertz CT molecular complexity index is 1790. The molecule has 10 heteroatoms. The Hall–Kier alpha value is -4.86. The molecule has 2 heterocycles. The molecule has 0 aliphatic rings. The summed E-state index contributed by atoms with van der Waals surface area (Å²) >= 11 is 7.27. The third kappa shape index (κ3) is 7.71. The van der Waals surface area contributed by atoms with Crippen LogP contribution in [-0.2, 0) is 9.59 Å². The van der Waals surface area contributed by atoms with Gasteiger partial charge in [-0.05, 0) is 61.0 Å². The molecule has 1 unspecified atom stereocenters. The Morgan fingerprint density at radius 2 is 1.74 bits per heavy atom. The third-order valence-electron chi connectivity index (χ3n) is 6.46. The monoisotopic (exact) mass is 609 g/mol. The second kappa shape index (κ2) is 13.9. The number of hydrogen-bond donors (Lipinski definition) is 4. The number of anilines is 2. The van der Waals surface area contributed by atoms with Crippen LogP contribution in [0.15, 0.2) is 114 Å². The second-order valence-electron chi connectivity index (χ2n) is 9.52. The molecule has 8 nitrogen and oxygen atoms in total. The van der Waals surface area contributed by atoms with E-state index in [-0.39, 0.29) is 11.6 Å². The summed E-state index contributed by atoms with van der Waals surface area (Å²) in [7, 11) is 0. The van der Waals surface area contributed by atoms with Gasteiger partial charge in [0.25, 0.3) is 11.8 Å². The van der Waals surface area contributed by atoms with Gasteiger partial charge in [-0.15, -0.1) is 11.8 Å². The first kappa shape index (κ1) is 29.6. The molecule has 0 aliphatic heterocycles. The molecule has 0 saturated carbocycles. The van der Waals surface area contributed by atoms with Crippen LogP contribution in [0, 0.1) is 0 Å². The van der Waals surface area contributed by atoms with Gasteiger partial charge in [0, 0.05) is 45.0 Å². The summed E-state index contributed by atoms with van der Waals surface area (Å²) in [5.41, 5.74) is 2.69. The van der Waals surface area contributed by atoms with Gasteiger partial charge in [0.1, 0.15) is 11.5 Å². The fraction of sp³-hybridized carbons (Fsp3) is 0.0909. The number of carbonyl (C=O) groups is 3. The van der Waals surface area contributed by atoms with Gasteiger partial charge < -0.3 is 20.9 Å². The third-order valence-corrected chi connectivity index (χ3v) is 8.04. The van der Waals surface area contributed by atoms with E-state index in [4.69, 9.17) is 11.6 Å². The van der Waals surface area contributed by atoms with Gasteiger partial charge in [0.2, 0.25) is 5.91 Å². The number of carbonyl (C=O) groups excluding carboxylic acids is 3. The summed E-state index contributed by atoms with van der Waals surface area (Å²) < 4.78 is 0. The predicted octanol–water partition coefficient (Wildman–Crippen LogP) is 7.14. The Labute approximate surface area is 258 Å². The molecular formula is C33H28ClN5O3S. The van der Waals surface area contributed by atoms with Crippen molar-refractivity contribution < 1.29 is 14.4 Å². The van der Waals surface area contributed by atoms with Crippen molar-refractivity contribution in [2.24, 2.45) is 0 Å². The molecule has 0 fully saturated rings. The van der Waals surface area contributed by atoms with Crippen LogP contribution in [-0.4, -0.2) is 32.9 Å². The molecule has 2 aromatic heterocycles. The largest absolute Gasteiger partial charge is 0.361 e. The SMILES string of the molecule is CCC(Sc1cccc(NC(=O)/C(=C/c2c[nH]c3ccccc23)NC(=O)c2ccccc2)c1)C(=O)Nc1ccc(Cl)cn1. The Morgan fingerprint density at radius 3 is 2.51 bits per heavy atom. The van der Waals surface area contributed by atoms with Crippen molar-refractivity contribution in [2.75, 3.05) is 10.6 Å². The number of aromatic nitrogens is 2. The van der Waals surface area contributed by atoms with Gasteiger partial charge in [-0.3, -0.25) is 14.4 Å². The standard InChI is InChI=1S/C33H28ClN5O3S/c1-2-29(33(42)39-30-16-15-23(34)20-36-30)43-25-12-8-11-24(18-25)37-32(41)28(38-31(40)21-9-4-3-5-10-21)17-22-19-35-27-14-7-6-13-26(22)27/h3-20,29,35H,2H2,1H3,(H,37,41)(H,38,40)(H,36,39,42)/b28-17-. The number of halogens is 1. The van der Waals surface area contributed by atoms with E-state index in [0.717, 1.165) is 21.4 Å². The number of nitrogens with one attached hydrogen (secondary N) is 4. The van der Waals surface area contributed by atoms with Crippen molar-refractivity contribution in [2.45, 2.75) is 23.5 Å². The van der Waals surface area contributed by atoms with Gasteiger partial charge in [-0.25, -0.2) is 4.98 Å². The fourth-order valence-corrected chi connectivity index (χ4v) is 5.42. The van der Waals surface area contributed by atoms with Crippen LogP contribution < -0.4 is 16.0 Å². The molecule has 3 aromatic carbocycles. The lowest BCUT2D eigenvalue weighted by atomic mass is 10.1. The number of pyridine rings is 1. The number of thioether (sulfide) groups is 1. The smallest absolute Gasteiger partial charge is 0.272 e. The molecule has 5 rings (SSSR count). The van der Waals surface area contributed by atoms with E-state index in [0.29, 0.717) is 28.5 Å². The minimum atomic E-state index is -0.490. The molecule has 5 aromatic rings. The minimum Gasteiger partial charge on any atom is -0.361 e. The van der Waals surface area contributed by atoms with E-state index in [1.807, 2.05) is 43.3 Å². The number of amides is 3. The molecule has 216 valence electrons. The number of para-hydroxylation sites is 1. The van der Waals surface area contributed by atoms with Crippen molar-refractivity contribution in [3.05, 3.63) is 125 Å². The summed E-state index contributed by atoms with van der Waals surface area (Å²) in [5.74, 6) is -0.667. The highest BCUT2D eigenvalue weighted by Crippen LogP contribution is 2.29. The van der Waals surface area contributed by atoms with Crippen LogP contribution in [0.1, 0.15) is 29.3 Å². The highest BCUT2D eigenvalue weighted by atomic mass is 35.5. The minimum absolute atomic E-state index is 0.0814. The number of rotatable bonds is 10. The maximum atomic E-state index is 13.6. The lowest BCUT2D eigenvalue weighted by Crippen LogP contribution is -2.30. The van der Waals surface area contributed by atoms with Gasteiger partial charge in [0.15, 0.2) is 0 Å². The summed E-state index contributed by atoms with van der Waals surface area (Å²) in [6.07, 6.45) is 5.49.